The maximum atomic E-state index is 13.8. The van der Waals surface area contributed by atoms with Crippen LogP contribution in [0, 0.1) is 12.7 Å². The molecule has 0 radical (unpaired) electrons. The Kier molecular flexibility index (Phi) is 4.77. The van der Waals surface area contributed by atoms with Crippen LogP contribution in [-0.2, 0) is 0 Å². The van der Waals surface area contributed by atoms with Crippen LogP contribution in [0.4, 0.5) is 4.39 Å². The third-order valence-corrected chi connectivity index (χ3v) is 5.13. The predicted molar refractivity (Wildman–Crippen MR) is 85.5 cm³/mol. The van der Waals surface area contributed by atoms with Gasteiger partial charge in [-0.2, -0.15) is 0 Å². The number of halogens is 1. The number of rotatable bonds is 3. The Morgan fingerprint density at radius 3 is 2.64 bits per heavy atom. The molecule has 3 nitrogen and oxygen atoms in total. The molecule has 1 aliphatic carbocycles. The molecule has 0 spiro atoms. The van der Waals surface area contributed by atoms with Gasteiger partial charge in [-0.1, -0.05) is 25.3 Å². The van der Waals surface area contributed by atoms with E-state index in [9.17, 15) is 9.18 Å². The van der Waals surface area contributed by atoms with Crippen molar-refractivity contribution in [1.82, 2.24) is 10.2 Å². The monoisotopic (exact) mass is 304 g/mol. The standard InChI is InChI=1S/C18H25FN2O/c1-13-16(8-5-9-17(13)19)18(22)21(15-10-11-20-12-15)14-6-3-2-4-7-14/h5,8-9,14-15,20H,2-4,6-7,10-12H2,1H3/t15-/m0/s1. The Balaban J connectivity index is 1.90. The van der Waals surface area contributed by atoms with Crippen molar-refractivity contribution in [3.8, 4) is 0 Å². The lowest BCUT2D eigenvalue weighted by molar-refractivity contribution is 0.0533. The van der Waals surface area contributed by atoms with Crippen LogP contribution in [0.25, 0.3) is 0 Å². The molecule has 2 aliphatic rings. The summed E-state index contributed by atoms with van der Waals surface area (Å²) in [5.41, 5.74) is 0.997. The predicted octanol–water partition coefficient (Wildman–Crippen LogP) is 3.27. The minimum absolute atomic E-state index is 0.0117. The Bertz CT molecular complexity index is 534. The van der Waals surface area contributed by atoms with Gasteiger partial charge in [-0.25, -0.2) is 4.39 Å². The average Bonchev–Trinajstić information content (AvgIpc) is 3.05. The second kappa shape index (κ2) is 6.78. The Hall–Kier alpha value is -1.42. The smallest absolute Gasteiger partial charge is 0.254 e. The zero-order valence-electron chi connectivity index (χ0n) is 13.3. The van der Waals surface area contributed by atoms with Crippen LogP contribution in [0.5, 0.6) is 0 Å². The molecule has 1 N–H and O–H groups in total. The van der Waals surface area contributed by atoms with Crippen molar-refractivity contribution in [2.24, 2.45) is 0 Å². The normalized spacial score (nSPS) is 22.7. The average molecular weight is 304 g/mol. The SMILES string of the molecule is Cc1c(F)cccc1C(=O)N(C1CCCCC1)[C@H]1CCNC1. The lowest BCUT2D eigenvalue weighted by Crippen LogP contribution is -2.49. The number of hydrogen-bond donors (Lipinski definition) is 1. The Labute approximate surface area is 131 Å². The Morgan fingerprint density at radius 1 is 1.18 bits per heavy atom. The van der Waals surface area contributed by atoms with E-state index >= 15 is 0 Å². The molecule has 1 amide bonds. The summed E-state index contributed by atoms with van der Waals surface area (Å²) >= 11 is 0. The van der Waals surface area contributed by atoms with E-state index in [2.05, 4.69) is 10.2 Å². The van der Waals surface area contributed by atoms with Gasteiger partial charge in [-0.3, -0.25) is 4.79 Å². The summed E-state index contributed by atoms with van der Waals surface area (Å²) in [6.45, 7) is 3.52. The van der Waals surface area contributed by atoms with Crippen LogP contribution in [0.3, 0.4) is 0 Å². The number of hydrogen-bond acceptors (Lipinski definition) is 2. The van der Waals surface area contributed by atoms with Crippen LogP contribution >= 0.6 is 0 Å². The van der Waals surface area contributed by atoms with E-state index in [1.807, 2.05) is 0 Å². The molecule has 1 aromatic carbocycles. The first-order valence-corrected chi connectivity index (χ1v) is 8.47. The molecular weight excluding hydrogens is 279 g/mol. The van der Waals surface area contributed by atoms with Gasteiger partial charge in [0.2, 0.25) is 0 Å². The summed E-state index contributed by atoms with van der Waals surface area (Å²) in [5, 5.41) is 3.36. The van der Waals surface area contributed by atoms with Gasteiger partial charge in [0.15, 0.2) is 0 Å². The van der Waals surface area contributed by atoms with E-state index in [1.54, 1.807) is 19.1 Å². The van der Waals surface area contributed by atoms with Gasteiger partial charge >= 0.3 is 0 Å². The highest BCUT2D eigenvalue weighted by atomic mass is 19.1. The number of carbonyl (C=O) groups is 1. The van der Waals surface area contributed by atoms with Crippen LogP contribution < -0.4 is 5.32 Å². The lowest BCUT2D eigenvalue weighted by atomic mass is 9.92. The molecule has 1 atom stereocenters. The number of nitrogens with one attached hydrogen (secondary N) is 1. The van der Waals surface area contributed by atoms with Crippen LogP contribution in [0.1, 0.15) is 54.4 Å². The van der Waals surface area contributed by atoms with Crippen molar-refractivity contribution in [3.05, 3.63) is 35.1 Å². The van der Waals surface area contributed by atoms with E-state index in [-0.39, 0.29) is 17.8 Å². The molecule has 0 aromatic heterocycles. The minimum Gasteiger partial charge on any atom is -0.331 e. The fraction of sp³-hybridized carbons (Fsp3) is 0.611. The van der Waals surface area contributed by atoms with Gasteiger partial charge < -0.3 is 10.2 Å². The first-order chi connectivity index (χ1) is 10.7. The minimum atomic E-state index is -0.293. The van der Waals surface area contributed by atoms with E-state index in [1.165, 1.54) is 25.3 Å². The zero-order valence-corrected chi connectivity index (χ0v) is 13.3. The zero-order chi connectivity index (χ0) is 15.5. The van der Waals surface area contributed by atoms with Gasteiger partial charge in [0.1, 0.15) is 5.82 Å². The molecule has 1 saturated heterocycles. The quantitative estimate of drug-likeness (QED) is 0.929. The maximum Gasteiger partial charge on any atom is 0.254 e. The number of carbonyl (C=O) groups excluding carboxylic acids is 1. The molecule has 22 heavy (non-hydrogen) atoms. The highest BCUT2D eigenvalue weighted by Crippen LogP contribution is 2.28. The lowest BCUT2D eigenvalue weighted by Gasteiger charge is -2.38. The van der Waals surface area contributed by atoms with Gasteiger partial charge in [0, 0.05) is 24.2 Å². The summed E-state index contributed by atoms with van der Waals surface area (Å²) in [6.07, 6.45) is 6.80. The maximum absolute atomic E-state index is 13.8. The number of nitrogens with zero attached hydrogens (tertiary/aromatic N) is 1. The molecule has 1 aliphatic heterocycles. The molecule has 4 heteroatoms. The first kappa shape index (κ1) is 15.5. The molecule has 120 valence electrons. The number of amides is 1. The third kappa shape index (κ3) is 3.02. The first-order valence-electron chi connectivity index (χ1n) is 8.47. The fourth-order valence-corrected chi connectivity index (χ4v) is 3.84. The number of benzene rings is 1. The van der Waals surface area contributed by atoms with E-state index < -0.39 is 0 Å². The van der Waals surface area contributed by atoms with Crippen molar-refractivity contribution in [3.63, 3.8) is 0 Å². The fourth-order valence-electron chi connectivity index (χ4n) is 3.84. The second-order valence-corrected chi connectivity index (χ2v) is 6.56. The third-order valence-electron chi connectivity index (χ3n) is 5.13. The van der Waals surface area contributed by atoms with Gasteiger partial charge in [-0.05, 0) is 50.4 Å². The topological polar surface area (TPSA) is 32.3 Å². The van der Waals surface area contributed by atoms with Crippen molar-refractivity contribution < 1.29 is 9.18 Å². The van der Waals surface area contributed by atoms with Crippen molar-refractivity contribution in [2.45, 2.75) is 57.5 Å². The highest BCUT2D eigenvalue weighted by Gasteiger charge is 2.34. The molecule has 3 rings (SSSR count). The van der Waals surface area contributed by atoms with Crippen molar-refractivity contribution in [2.75, 3.05) is 13.1 Å². The molecule has 2 fully saturated rings. The van der Waals surface area contributed by atoms with Crippen molar-refractivity contribution in [1.29, 1.82) is 0 Å². The molecular formula is C18H25FN2O. The van der Waals surface area contributed by atoms with Crippen molar-refractivity contribution >= 4 is 5.91 Å². The molecule has 1 saturated carbocycles. The van der Waals surface area contributed by atoms with Gasteiger partial charge in [-0.15, -0.1) is 0 Å². The summed E-state index contributed by atoms with van der Waals surface area (Å²) in [4.78, 5) is 15.2. The van der Waals surface area contributed by atoms with Gasteiger partial charge in [0.05, 0.1) is 0 Å². The summed E-state index contributed by atoms with van der Waals surface area (Å²) in [6, 6.07) is 5.39. The highest BCUT2D eigenvalue weighted by molar-refractivity contribution is 5.96. The molecule has 0 unspecified atom stereocenters. The van der Waals surface area contributed by atoms with Crippen LogP contribution in [0.2, 0.25) is 0 Å². The molecule has 0 bridgehead atoms. The van der Waals surface area contributed by atoms with Gasteiger partial charge in [0.25, 0.3) is 5.91 Å². The Morgan fingerprint density at radius 2 is 1.95 bits per heavy atom. The van der Waals surface area contributed by atoms with E-state index in [0.717, 1.165) is 32.4 Å². The molecule has 1 heterocycles. The summed E-state index contributed by atoms with van der Waals surface area (Å²) < 4.78 is 13.8. The van der Waals surface area contributed by atoms with E-state index in [4.69, 9.17) is 0 Å². The van der Waals surface area contributed by atoms with E-state index in [0.29, 0.717) is 17.2 Å². The van der Waals surface area contributed by atoms with Crippen LogP contribution in [0.15, 0.2) is 18.2 Å². The summed E-state index contributed by atoms with van der Waals surface area (Å²) in [5.74, 6) is -0.281. The summed E-state index contributed by atoms with van der Waals surface area (Å²) in [7, 11) is 0. The largest absolute Gasteiger partial charge is 0.331 e. The second-order valence-electron chi connectivity index (χ2n) is 6.56. The van der Waals surface area contributed by atoms with Crippen LogP contribution in [-0.4, -0.2) is 36.0 Å². The molecule has 1 aromatic rings.